The molecule has 0 radical (unpaired) electrons. The molecular weight excluding hydrogens is 374 g/mol. The van der Waals surface area contributed by atoms with Crippen LogP contribution < -0.4 is 10.6 Å². The van der Waals surface area contributed by atoms with Crippen LogP contribution in [0.25, 0.3) is 0 Å². The van der Waals surface area contributed by atoms with Crippen molar-refractivity contribution in [2.75, 3.05) is 0 Å². The molecule has 4 rings (SSSR count). The third-order valence-electron chi connectivity index (χ3n) is 4.96. The summed E-state index contributed by atoms with van der Waals surface area (Å²) in [5, 5.41) is 4.96. The Labute approximate surface area is 161 Å². The summed E-state index contributed by atoms with van der Waals surface area (Å²) in [4.78, 5) is 61.7. The van der Waals surface area contributed by atoms with Crippen molar-refractivity contribution >= 4 is 41.9 Å². The Morgan fingerprint density at radius 2 is 1.85 bits per heavy atom. The van der Waals surface area contributed by atoms with Crippen molar-refractivity contribution < 1.29 is 24.0 Å². The Balaban J connectivity index is 0.00000210. The molecule has 0 spiro atoms. The maximum Gasteiger partial charge on any atom is 0.262 e. The van der Waals surface area contributed by atoms with E-state index in [0.717, 1.165) is 17.7 Å². The van der Waals surface area contributed by atoms with Crippen molar-refractivity contribution in [1.82, 2.24) is 15.5 Å². The monoisotopic (exact) mass is 391 g/mol. The van der Waals surface area contributed by atoms with Crippen LogP contribution in [0.15, 0.2) is 18.2 Å². The van der Waals surface area contributed by atoms with Gasteiger partial charge in [-0.1, -0.05) is 12.1 Å². The minimum Gasteiger partial charge on any atom is -0.352 e. The van der Waals surface area contributed by atoms with Crippen LogP contribution >= 0.6 is 12.4 Å². The predicted molar refractivity (Wildman–Crippen MR) is 94.9 cm³/mol. The zero-order valence-electron chi connectivity index (χ0n) is 14.3. The van der Waals surface area contributed by atoms with Crippen molar-refractivity contribution in [3.8, 4) is 0 Å². The molecule has 27 heavy (non-hydrogen) atoms. The molecule has 1 aliphatic carbocycles. The molecule has 1 aromatic rings. The molecule has 1 unspecified atom stereocenters. The Kier molecular flexibility index (Phi) is 5.01. The van der Waals surface area contributed by atoms with Crippen molar-refractivity contribution in [3.05, 3.63) is 34.9 Å². The number of halogens is 1. The highest BCUT2D eigenvalue weighted by molar-refractivity contribution is 6.24. The molecule has 9 heteroatoms. The second-order valence-corrected chi connectivity index (χ2v) is 6.78. The Bertz CT molecular complexity index is 865. The van der Waals surface area contributed by atoms with E-state index in [0.29, 0.717) is 5.56 Å². The van der Waals surface area contributed by atoms with Crippen LogP contribution in [0.5, 0.6) is 0 Å². The van der Waals surface area contributed by atoms with Gasteiger partial charge < -0.3 is 5.32 Å². The molecule has 0 bridgehead atoms. The number of benzene rings is 1. The molecule has 3 aliphatic rings. The average Bonchev–Trinajstić information content (AvgIpc) is 3.42. The second-order valence-electron chi connectivity index (χ2n) is 6.78. The van der Waals surface area contributed by atoms with Gasteiger partial charge >= 0.3 is 0 Å². The standard InChI is InChI=1S/C18H17N3O5.ClH/c22-13-7-6-12(16(24)20-13)21-17(25)11-3-1-2-10(14(11)18(21)26)8-19-15(23)9-4-5-9;/h1-3,9,12H,4-8H2,(H,19,23)(H,20,22,24);1H. The molecule has 1 aromatic carbocycles. The van der Waals surface area contributed by atoms with Gasteiger partial charge in [-0.15, -0.1) is 12.4 Å². The van der Waals surface area contributed by atoms with Gasteiger partial charge in [0.05, 0.1) is 11.1 Å². The zero-order valence-corrected chi connectivity index (χ0v) is 15.1. The van der Waals surface area contributed by atoms with E-state index in [4.69, 9.17) is 0 Å². The Hall–Kier alpha value is -2.74. The number of amides is 5. The number of hydrogen-bond donors (Lipinski definition) is 2. The highest BCUT2D eigenvalue weighted by Crippen LogP contribution is 2.31. The van der Waals surface area contributed by atoms with Crippen molar-refractivity contribution in [3.63, 3.8) is 0 Å². The molecule has 0 aromatic heterocycles. The van der Waals surface area contributed by atoms with E-state index < -0.39 is 29.7 Å². The van der Waals surface area contributed by atoms with Gasteiger partial charge in [-0.25, -0.2) is 0 Å². The lowest BCUT2D eigenvalue weighted by Crippen LogP contribution is -2.54. The van der Waals surface area contributed by atoms with Gasteiger partial charge in [-0.3, -0.25) is 34.2 Å². The predicted octanol–water partition coefficient (Wildman–Crippen LogP) is 0.536. The highest BCUT2D eigenvalue weighted by Gasteiger charge is 2.45. The van der Waals surface area contributed by atoms with Gasteiger partial charge in [0, 0.05) is 18.9 Å². The summed E-state index contributed by atoms with van der Waals surface area (Å²) < 4.78 is 0. The van der Waals surface area contributed by atoms with Crippen LogP contribution in [-0.4, -0.2) is 40.5 Å². The summed E-state index contributed by atoms with van der Waals surface area (Å²) in [5.41, 5.74) is 0.987. The first kappa shape index (κ1) is 19.0. The molecule has 2 fully saturated rings. The summed E-state index contributed by atoms with van der Waals surface area (Å²) in [5.74, 6) is -2.17. The lowest BCUT2D eigenvalue weighted by Gasteiger charge is -2.27. The lowest BCUT2D eigenvalue weighted by atomic mass is 10.0. The van der Waals surface area contributed by atoms with E-state index in [1.165, 1.54) is 6.07 Å². The van der Waals surface area contributed by atoms with Crippen molar-refractivity contribution in [2.45, 2.75) is 38.3 Å². The number of rotatable bonds is 4. The fraction of sp³-hybridized carbons (Fsp3) is 0.389. The van der Waals surface area contributed by atoms with E-state index in [1.807, 2.05) is 0 Å². The summed E-state index contributed by atoms with van der Waals surface area (Å²) >= 11 is 0. The van der Waals surface area contributed by atoms with Crippen LogP contribution in [-0.2, 0) is 20.9 Å². The van der Waals surface area contributed by atoms with Crippen LogP contribution in [0, 0.1) is 5.92 Å². The zero-order chi connectivity index (χ0) is 18.4. The van der Waals surface area contributed by atoms with Crippen LogP contribution in [0.3, 0.4) is 0 Å². The van der Waals surface area contributed by atoms with Gasteiger partial charge in [0.25, 0.3) is 11.8 Å². The maximum absolute atomic E-state index is 12.9. The van der Waals surface area contributed by atoms with E-state index in [-0.39, 0.29) is 54.7 Å². The number of carbonyl (C=O) groups excluding carboxylic acids is 5. The van der Waals surface area contributed by atoms with Crippen molar-refractivity contribution in [2.24, 2.45) is 5.92 Å². The number of nitrogens with one attached hydrogen (secondary N) is 2. The molecule has 1 saturated carbocycles. The van der Waals surface area contributed by atoms with E-state index >= 15 is 0 Å². The molecular formula is C18H18ClN3O5. The van der Waals surface area contributed by atoms with Gasteiger partial charge in [-0.05, 0) is 30.9 Å². The summed E-state index contributed by atoms with van der Waals surface area (Å²) in [6.45, 7) is 0.153. The number of imide groups is 2. The number of fused-ring (bicyclic) bond motifs is 1. The maximum atomic E-state index is 12.9. The normalized spacial score (nSPS) is 21.5. The second kappa shape index (κ2) is 7.11. The Morgan fingerprint density at radius 3 is 2.52 bits per heavy atom. The van der Waals surface area contributed by atoms with Gasteiger partial charge in [0.1, 0.15) is 6.04 Å². The average molecular weight is 392 g/mol. The number of carbonyl (C=O) groups is 5. The smallest absolute Gasteiger partial charge is 0.262 e. The van der Waals surface area contributed by atoms with E-state index in [1.54, 1.807) is 12.1 Å². The number of hydrogen-bond acceptors (Lipinski definition) is 5. The minimum absolute atomic E-state index is 0. The summed E-state index contributed by atoms with van der Waals surface area (Å²) in [6.07, 6.45) is 1.94. The highest BCUT2D eigenvalue weighted by atomic mass is 35.5. The van der Waals surface area contributed by atoms with Gasteiger partial charge in [-0.2, -0.15) is 0 Å². The minimum atomic E-state index is -0.992. The first-order valence-corrected chi connectivity index (χ1v) is 8.58. The molecule has 5 amide bonds. The fourth-order valence-electron chi connectivity index (χ4n) is 3.40. The topological polar surface area (TPSA) is 113 Å². The third kappa shape index (κ3) is 3.32. The molecule has 2 heterocycles. The van der Waals surface area contributed by atoms with Crippen LogP contribution in [0.2, 0.25) is 0 Å². The molecule has 1 saturated heterocycles. The summed E-state index contributed by atoms with van der Waals surface area (Å²) in [6, 6.07) is 3.88. The fourth-order valence-corrected chi connectivity index (χ4v) is 3.40. The van der Waals surface area contributed by atoms with Crippen LogP contribution in [0.1, 0.15) is 52.0 Å². The van der Waals surface area contributed by atoms with E-state index in [2.05, 4.69) is 10.6 Å². The number of nitrogens with zero attached hydrogens (tertiary/aromatic N) is 1. The Morgan fingerprint density at radius 1 is 1.11 bits per heavy atom. The molecule has 142 valence electrons. The summed E-state index contributed by atoms with van der Waals surface area (Å²) in [7, 11) is 0. The van der Waals surface area contributed by atoms with Crippen molar-refractivity contribution in [1.29, 1.82) is 0 Å². The molecule has 8 nitrogen and oxygen atoms in total. The quantitative estimate of drug-likeness (QED) is 0.727. The van der Waals surface area contributed by atoms with Crippen LogP contribution in [0.4, 0.5) is 0 Å². The molecule has 2 aliphatic heterocycles. The first-order chi connectivity index (χ1) is 12.5. The van der Waals surface area contributed by atoms with E-state index in [9.17, 15) is 24.0 Å². The van der Waals surface area contributed by atoms with Gasteiger partial charge in [0.2, 0.25) is 17.7 Å². The SMILES string of the molecule is Cl.O=C1CCC(N2C(=O)c3cccc(CNC(=O)C4CC4)c3C2=O)C(=O)N1. The third-order valence-corrected chi connectivity index (χ3v) is 4.96. The lowest BCUT2D eigenvalue weighted by molar-refractivity contribution is -0.136. The van der Waals surface area contributed by atoms with Gasteiger partial charge in [0.15, 0.2) is 0 Å². The molecule has 2 N–H and O–H groups in total. The molecule has 1 atom stereocenters. The largest absolute Gasteiger partial charge is 0.352 e. The first-order valence-electron chi connectivity index (χ1n) is 8.58. The number of piperidine rings is 1.